The zero-order valence-corrected chi connectivity index (χ0v) is 24.0. The smallest absolute Gasteiger partial charge is 0.306 e. The zero-order chi connectivity index (χ0) is 28.5. The summed E-state index contributed by atoms with van der Waals surface area (Å²) < 4.78 is 18.4. The molecule has 0 amide bonds. The molecule has 0 aliphatic rings. The number of rotatable bonds is 14. The molecule has 1 heterocycles. The molecule has 1 atom stereocenters. The minimum atomic E-state index is -0.357. The topological polar surface area (TPSA) is 95.7 Å². The lowest BCUT2D eigenvalue weighted by molar-refractivity contribution is -0.143. The van der Waals surface area contributed by atoms with Gasteiger partial charge >= 0.3 is 5.97 Å². The number of unbranched alkanes of at least 4 members (excludes halogenated alkanes) is 1. The van der Waals surface area contributed by atoms with E-state index in [1.54, 1.807) is 13.0 Å². The van der Waals surface area contributed by atoms with Crippen molar-refractivity contribution in [2.75, 3.05) is 20.3 Å². The van der Waals surface area contributed by atoms with Gasteiger partial charge in [-0.25, -0.2) is 4.68 Å². The average Bonchev–Trinajstić information content (AvgIpc) is 3.38. The number of fused-ring (bicyclic) bond motifs is 1. The van der Waals surface area contributed by atoms with Gasteiger partial charge in [-0.2, -0.15) is 0 Å². The van der Waals surface area contributed by atoms with E-state index in [2.05, 4.69) is 22.4 Å². The van der Waals surface area contributed by atoms with E-state index in [1.165, 1.54) is 12.7 Å². The van der Waals surface area contributed by atoms with E-state index in [1.807, 2.05) is 48.0 Å². The number of hydrogen-bond acceptors (Lipinski definition) is 7. The van der Waals surface area contributed by atoms with Crippen LogP contribution in [0.4, 0.5) is 0 Å². The van der Waals surface area contributed by atoms with Gasteiger partial charge in [0.15, 0.2) is 0 Å². The van der Waals surface area contributed by atoms with Crippen LogP contribution < -0.4 is 4.74 Å². The predicted octanol–water partition coefficient (Wildman–Crippen LogP) is 5.98. The van der Waals surface area contributed by atoms with Crippen LogP contribution in [0.3, 0.4) is 0 Å². The lowest BCUT2D eigenvalue weighted by Crippen LogP contribution is -2.13. The van der Waals surface area contributed by atoms with Crippen LogP contribution in [-0.2, 0) is 34.0 Å². The number of halogens is 1. The molecule has 0 aliphatic carbocycles. The van der Waals surface area contributed by atoms with Gasteiger partial charge in [0.25, 0.3) is 0 Å². The minimum absolute atomic E-state index is 0.116. The highest BCUT2D eigenvalue weighted by Crippen LogP contribution is 2.38. The molecule has 1 unspecified atom stereocenters. The molecule has 1 aromatic heterocycles. The van der Waals surface area contributed by atoms with E-state index >= 15 is 0 Å². The molecule has 212 valence electrons. The molecule has 0 aliphatic heterocycles. The van der Waals surface area contributed by atoms with E-state index in [0.29, 0.717) is 36.2 Å². The Morgan fingerprint density at radius 2 is 1.93 bits per heavy atom. The van der Waals surface area contributed by atoms with Crippen LogP contribution in [0.15, 0.2) is 54.6 Å². The fourth-order valence-corrected chi connectivity index (χ4v) is 5.29. The number of methoxy groups -OCH3 is 1. The first-order valence-electron chi connectivity index (χ1n) is 13.5. The first kappa shape index (κ1) is 29.5. The van der Waals surface area contributed by atoms with E-state index in [9.17, 15) is 9.90 Å². The Hall–Kier alpha value is -3.46. The van der Waals surface area contributed by atoms with Gasteiger partial charge in [0.05, 0.1) is 43.9 Å². The largest absolute Gasteiger partial charge is 0.495 e. The standard InChI is InChI=1S/C31H36ClN3O5/c1-4-40-29(37)18-26(23-16-24(19-36)31(38-3)27(32)17-23)25-12-13-28-30(21(25)2)33-34-35(28)14-8-9-15-39-20-22-10-6-5-7-11-22/h5-7,10-13,16-17,26,36H,4,8-9,14-15,18-20H2,1-3H3. The quantitative estimate of drug-likeness (QED) is 0.148. The van der Waals surface area contributed by atoms with Crippen LogP contribution in [0.1, 0.15) is 59.9 Å². The third-order valence-electron chi connectivity index (χ3n) is 6.97. The van der Waals surface area contributed by atoms with Gasteiger partial charge in [-0.1, -0.05) is 53.2 Å². The molecule has 8 nitrogen and oxygen atoms in total. The summed E-state index contributed by atoms with van der Waals surface area (Å²) in [7, 11) is 1.51. The highest BCUT2D eigenvalue weighted by molar-refractivity contribution is 6.32. The number of ether oxygens (including phenoxy) is 3. The molecular weight excluding hydrogens is 530 g/mol. The Kier molecular flexibility index (Phi) is 10.5. The van der Waals surface area contributed by atoms with Crippen molar-refractivity contribution in [2.24, 2.45) is 0 Å². The van der Waals surface area contributed by atoms with Gasteiger partial charge in [0.2, 0.25) is 0 Å². The maximum Gasteiger partial charge on any atom is 0.306 e. The fourth-order valence-electron chi connectivity index (χ4n) is 4.97. The Labute approximate surface area is 239 Å². The van der Waals surface area contributed by atoms with Crippen molar-refractivity contribution in [3.63, 3.8) is 0 Å². The summed E-state index contributed by atoms with van der Waals surface area (Å²) in [6.07, 6.45) is 1.94. The second-order valence-corrected chi connectivity index (χ2v) is 10.0. The SMILES string of the molecule is CCOC(=O)CC(c1cc(Cl)c(OC)c(CO)c1)c1ccc2c(nnn2CCCCOCc2ccccc2)c1C. The van der Waals surface area contributed by atoms with Crippen LogP contribution in [-0.4, -0.2) is 46.4 Å². The Bertz CT molecular complexity index is 1420. The molecule has 9 heteroatoms. The molecule has 0 fully saturated rings. The summed E-state index contributed by atoms with van der Waals surface area (Å²) >= 11 is 6.51. The highest BCUT2D eigenvalue weighted by Gasteiger charge is 2.25. The maximum absolute atomic E-state index is 12.6. The molecule has 4 aromatic rings. The summed E-state index contributed by atoms with van der Waals surface area (Å²) in [6.45, 7) is 5.84. The molecule has 0 saturated carbocycles. The monoisotopic (exact) mass is 565 g/mol. The van der Waals surface area contributed by atoms with Crippen molar-refractivity contribution >= 4 is 28.6 Å². The van der Waals surface area contributed by atoms with E-state index in [-0.39, 0.29) is 24.9 Å². The van der Waals surface area contributed by atoms with Crippen LogP contribution >= 0.6 is 11.6 Å². The number of nitrogens with zero attached hydrogens (tertiary/aromatic N) is 3. The third-order valence-corrected chi connectivity index (χ3v) is 7.25. The second kappa shape index (κ2) is 14.3. The highest BCUT2D eigenvalue weighted by atomic mass is 35.5. The van der Waals surface area contributed by atoms with Crippen molar-refractivity contribution < 1.29 is 24.1 Å². The molecule has 0 saturated heterocycles. The Morgan fingerprint density at radius 3 is 2.65 bits per heavy atom. The summed E-state index contributed by atoms with van der Waals surface area (Å²) in [4.78, 5) is 12.6. The zero-order valence-electron chi connectivity index (χ0n) is 23.2. The Morgan fingerprint density at radius 1 is 1.12 bits per heavy atom. The number of benzene rings is 3. The van der Waals surface area contributed by atoms with Crippen LogP contribution in [0.25, 0.3) is 11.0 Å². The van der Waals surface area contributed by atoms with E-state index in [0.717, 1.165) is 47.1 Å². The van der Waals surface area contributed by atoms with E-state index < -0.39 is 0 Å². The molecule has 40 heavy (non-hydrogen) atoms. The first-order valence-corrected chi connectivity index (χ1v) is 13.9. The molecule has 4 rings (SSSR count). The van der Waals surface area contributed by atoms with Gasteiger partial charge in [-0.15, -0.1) is 5.10 Å². The Balaban J connectivity index is 1.52. The number of aryl methyl sites for hydroxylation is 2. The molecule has 0 spiro atoms. The normalized spacial score (nSPS) is 12.0. The lowest BCUT2D eigenvalue weighted by Gasteiger charge is -2.22. The van der Waals surface area contributed by atoms with Gasteiger partial charge in [-0.05, 0) is 67.1 Å². The number of aromatic nitrogens is 3. The minimum Gasteiger partial charge on any atom is -0.495 e. The van der Waals surface area contributed by atoms with Crippen molar-refractivity contribution in [2.45, 2.75) is 58.8 Å². The lowest BCUT2D eigenvalue weighted by atomic mass is 9.85. The summed E-state index contributed by atoms with van der Waals surface area (Å²) in [5, 5.41) is 19.2. The molecular formula is C31H36ClN3O5. The van der Waals surface area contributed by atoms with Crippen molar-refractivity contribution in [1.82, 2.24) is 15.0 Å². The van der Waals surface area contributed by atoms with Crippen LogP contribution in [0.5, 0.6) is 5.75 Å². The van der Waals surface area contributed by atoms with Crippen molar-refractivity contribution in [1.29, 1.82) is 0 Å². The third kappa shape index (κ3) is 6.99. The number of hydrogen-bond donors (Lipinski definition) is 1. The van der Waals surface area contributed by atoms with Gasteiger partial charge < -0.3 is 19.3 Å². The number of carbonyl (C=O) groups excluding carboxylic acids is 1. The predicted molar refractivity (Wildman–Crippen MR) is 155 cm³/mol. The summed E-state index contributed by atoms with van der Waals surface area (Å²) in [6, 6.07) is 17.8. The molecule has 0 bridgehead atoms. The first-order chi connectivity index (χ1) is 19.5. The average molecular weight is 566 g/mol. The number of esters is 1. The maximum atomic E-state index is 12.6. The van der Waals surface area contributed by atoms with Gasteiger partial charge in [0.1, 0.15) is 11.3 Å². The van der Waals surface area contributed by atoms with Gasteiger partial charge in [0, 0.05) is 24.6 Å². The van der Waals surface area contributed by atoms with Crippen LogP contribution in [0, 0.1) is 6.92 Å². The van der Waals surface area contributed by atoms with Crippen LogP contribution in [0.2, 0.25) is 5.02 Å². The van der Waals surface area contributed by atoms with E-state index in [4.69, 9.17) is 25.8 Å². The second-order valence-electron chi connectivity index (χ2n) is 9.62. The van der Waals surface area contributed by atoms with Crippen molar-refractivity contribution in [3.05, 3.63) is 87.4 Å². The number of aliphatic hydroxyl groups excluding tert-OH is 1. The fraction of sp³-hybridized carbons (Fsp3) is 0.387. The molecule has 3 aromatic carbocycles. The molecule has 0 radical (unpaired) electrons. The summed E-state index contributed by atoms with van der Waals surface area (Å²) in [5.74, 6) is -0.255. The number of carbonyl (C=O) groups is 1. The number of aliphatic hydroxyl groups is 1. The molecule has 1 N–H and O–H groups in total. The van der Waals surface area contributed by atoms with Gasteiger partial charge in [-0.3, -0.25) is 4.79 Å². The summed E-state index contributed by atoms with van der Waals surface area (Å²) in [5.41, 5.74) is 6.08. The van der Waals surface area contributed by atoms with Crippen molar-refractivity contribution in [3.8, 4) is 5.75 Å².